The van der Waals surface area contributed by atoms with Gasteiger partial charge in [0, 0.05) is 6.20 Å². The molecule has 76 valence electrons. The van der Waals surface area contributed by atoms with E-state index in [4.69, 9.17) is 0 Å². The first kappa shape index (κ1) is 10.6. The maximum absolute atomic E-state index is 13.0. The molecule has 0 unspecified atom stereocenters. The van der Waals surface area contributed by atoms with Crippen molar-refractivity contribution in [2.45, 2.75) is 27.7 Å². The summed E-state index contributed by atoms with van der Waals surface area (Å²) in [5, 5.41) is 0.487. The van der Waals surface area contributed by atoms with Gasteiger partial charge in [-0.2, -0.15) is 0 Å². The molecular weight excluding hydrogens is 181 g/mol. The number of aryl methyl sites for hydroxylation is 2. The highest BCUT2D eigenvalue weighted by Crippen LogP contribution is 2.17. The van der Waals surface area contributed by atoms with Gasteiger partial charge in [-0.05, 0) is 13.8 Å². The maximum Gasteiger partial charge on any atom is 0.151 e. The van der Waals surface area contributed by atoms with Crippen LogP contribution in [0.3, 0.4) is 0 Å². The number of hydrogen-bond acceptors (Lipinski definition) is 2. The second kappa shape index (κ2) is 4.17. The lowest BCUT2D eigenvalue weighted by molar-refractivity contribution is 0.638. The smallest absolute Gasteiger partial charge is 0.151 e. The van der Waals surface area contributed by atoms with Gasteiger partial charge in [0.1, 0.15) is 11.5 Å². The number of H-pyrrole nitrogens is 1. The molecule has 0 bridgehead atoms. The summed E-state index contributed by atoms with van der Waals surface area (Å²) in [6.07, 6.45) is 1.30. The van der Waals surface area contributed by atoms with E-state index < -0.39 is 0 Å². The van der Waals surface area contributed by atoms with Crippen molar-refractivity contribution in [1.29, 1.82) is 0 Å². The van der Waals surface area contributed by atoms with Crippen LogP contribution >= 0.6 is 0 Å². The summed E-state index contributed by atoms with van der Waals surface area (Å²) < 4.78 is 13.0. The normalized spacial score (nSPS) is 9.79. The Balaban J connectivity index is 0.000000461. The van der Waals surface area contributed by atoms with Crippen molar-refractivity contribution in [2.75, 3.05) is 0 Å². The number of nitrogens with one attached hydrogen (secondary N) is 1. The molecule has 2 aromatic rings. The minimum absolute atomic E-state index is 0.289. The lowest BCUT2D eigenvalue weighted by Crippen LogP contribution is -1.92. The number of rotatable bonds is 0. The lowest BCUT2D eigenvalue weighted by atomic mass is 10.3. The Morgan fingerprint density at radius 3 is 2.50 bits per heavy atom. The fourth-order valence-corrected chi connectivity index (χ4v) is 1.31. The molecule has 0 atom stereocenters. The molecule has 0 radical (unpaired) electrons. The first-order chi connectivity index (χ1) is 6.68. The minimum Gasteiger partial charge on any atom is -0.343 e. The van der Waals surface area contributed by atoms with E-state index in [-0.39, 0.29) is 5.82 Å². The van der Waals surface area contributed by atoms with E-state index in [2.05, 4.69) is 15.0 Å². The van der Waals surface area contributed by atoms with Crippen LogP contribution < -0.4 is 0 Å². The van der Waals surface area contributed by atoms with Gasteiger partial charge in [-0.15, -0.1) is 0 Å². The van der Waals surface area contributed by atoms with Crippen molar-refractivity contribution in [3.8, 4) is 0 Å². The van der Waals surface area contributed by atoms with Crippen molar-refractivity contribution in [2.24, 2.45) is 0 Å². The van der Waals surface area contributed by atoms with Gasteiger partial charge in [0.05, 0.1) is 11.1 Å². The molecule has 2 rings (SSSR count). The van der Waals surface area contributed by atoms with E-state index >= 15 is 0 Å². The largest absolute Gasteiger partial charge is 0.343 e. The monoisotopic (exact) mass is 195 g/mol. The van der Waals surface area contributed by atoms with Crippen LogP contribution in [0.25, 0.3) is 11.0 Å². The molecule has 0 aliphatic rings. The Hall–Kier alpha value is -1.45. The quantitative estimate of drug-likeness (QED) is 0.702. The van der Waals surface area contributed by atoms with Crippen LogP contribution in [0, 0.1) is 19.7 Å². The van der Waals surface area contributed by atoms with E-state index in [1.165, 1.54) is 6.20 Å². The predicted octanol–water partition coefficient (Wildman–Crippen LogP) is 2.74. The fraction of sp³-hybridized carbons (Fsp3) is 0.400. The second-order valence-electron chi connectivity index (χ2n) is 2.72. The molecule has 1 N–H and O–H groups in total. The van der Waals surface area contributed by atoms with E-state index in [9.17, 15) is 4.39 Å². The Kier molecular flexibility index (Phi) is 3.17. The van der Waals surface area contributed by atoms with E-state index in [0.29, 0.717) is 22.6 Å². The van der Waals surface area contributed by atoms with Gasteiger partial charge in [-0.3, -0.25) is 0 Å². The Morgan fingerprint density at radius 1 is 1.21 bits per heavy atom. The summed E-state index contributed by atoms with van der Waals surface area (Å²) in [6, 6.07) is 0. The first-order valence-corrected chi connectivity index (χ1v) is 4.66. The van der Waals surface area contributed by atoms with E-state index in [1.807, 2.05) is 13.8 Å². The molecule has 0 aromatic carbocycles. The summed E-state index contributed by atoms with van der Waals surface area (Å²) in [6.45, 7) is 7.55. The topological polar surface area (TPSA) is 41.6 Å². The summed E-state index contributed by atoms with van der Waals surface area (Å²) >= 11 is 0. The number of aromatic amines is 1. The van der Waals surface area contributed by atoms with E-state index in [0.717, 1.165) is 0 Å². The van der Waals surface area contributed by atoms with Crippen LogP contribution in [0.4, 0.5) is 4.39 Å². The molecule has 0 aliphatic heterocycles. The number of nitrogens with zero attached hydrogens (tertiary/aromatic N) is 2. The van der Waals surface area contributed by atoms with E-state index in [1.54, 1.807) is 13.8 Å². The maximum atomic E-state index is 13.0. The van der Waals surface area contributed by atoms with Gasteiger partial charge in [-0.1, -0.05) is 13.8 Å². The van der Waals surface area contributed by atoms with Gasteiger partial charge >= 0.3 is 0 Å². The van der Waals surface area contributed by atoms with Crippen LogP contribution in [0.2, 0.25) is 0 Å². The van der Waals surface area contributed by atoms with Gasteiger partial charge in [0.15, 0.2) is 5.82 Å². The summed E-state index contributed by atoms with van der Waals surface area (Å²) in [7, 11) is 0. The average molecular weight is 195 g/mol. The third-order valence-electron chi connectivity index (χ3n) is 1.78. The van der Waals surface area contributed by atoms with Crippen molar-refractivity contribution in [3.05, 3.63) is 23.5 Å². The Bertz CT molecular complexity index is 434. The molecular formula is C10H14FN3. The summed E-state index contributed by atoms with van der Waals surface area (Å²) in [5.41, 5.74) is 1.24. The zero-order valence-corrected chi connectivity index (χ0v) is 8.85. The van der Waals surface area contributed by atoms with Crippen molar-refractivity contribution < 1.29 is 4.39 Å². The van der Waals surface area contributed by atoms with Crippen molar-refractivity contribution >= 4 is 11.0 Å². The van der Waals surface area contributed by atoms with Crippen LogP contribution in [0.15, 0.2) is 6.20 Å². The molecule has 0 saturated heterocycles. The zero-order valence-electron chi connectivity index (χ0n) is 8.85. The molecule has 3 nitrogen and oxygen atoms in total. The van der Waals surface area contributed by atoms with Gasteiger partial charge in [0.2, 0.25) is 0 Å². The Labute approximate surface area is 82.4 Å². The molecule has 0 aliphatic carbocycles. The fourth-order valence-electron chi connectivity index (χ4n) is 1.31. The molecule has 14 heavy (non-hydrogen) atoms. The molecule has 2 heterocycles. The molecule has 0 fully saturated rings. The summed E-state index contributed by atoms with van der Waals surface area (Å²) in [5.74, 6) is 0.365. The highest BCUT2D eigenvalue weighted by atomic mass is 19.1. The standard InChI is InChI=1S/C8H8FN3.C2H6/c1-4-7-6(9)3-10-8(7)12-5(2)11-4;1-2/h3H,1-2H3,(H,10,11,12);1-2H3. The van der Waals surface area contributed by atoms with Crippen molar-refractivity contribution in [1.82, 2.24) is 15.0 Å². The molecule has 0 saturated carbocycles. The first-order valence-electron chi connectivity index (χ1n) is 4.66. The van der Waals surface area contributed by atoms with Crippen LogP contribution in [0.1, 0.15) is 25.4 Å². The second-order valence-corrected chi connectivity index (χ2v) is 2.72. The van der Waals surface area contributed by atoms with Gasteiger partial charge in [-0.25, -0.2) is 14.4 Å². The molecule has 0 amide bonds. The zero-order chi connectivity index (χ0) is 10.7. The third kappa shape index (κ3) is 1.73. The third-order valence-corrected chi connectivity index (χ3v) is 1.78. The number of hydrogen-bond donors (Lipinski definition) is 1. The van der Waals surface area contributed by atoms with Crippen molar-refractivity contribution in [3.63, 3.8) is 0 Å². The number of fused-ring (bicyclic) bond motifs is 1. The predicted molar refractivity (Wildman–Crippen MR) is 54.7 cm³/mol. The molecule has 0 spiro atoms. The average Bonchev–Trinajstić information content (AvgIpc) is 2.51. The number of aromatic nitrogens is 3. The minimum atomic E-state index is -0.289. The Morgan fingerprint density at radius 2 is 1.86 bits per heavy atom. The summed E-state index contributed by atoms with van der Waals surface area (Å²) in [4.78, 5) is 10.9. The number of halogens is 1. The van der Waals surface area contributed by atoms with Crippen LogP contribution in [-0.4, -0.2) is 15.0 Å². The van der Waals surface area contributed by atoms with Crippen LogP contribution in [0.5, 0.6) is 0 Å². The molecule has 4 heteroatoms. The van der Waals surface area contributed by atoms with Gasteiger partial charge in [0.25, 0.3) is 0 Å². The SMILES string of the molecule is CC.Cc1nc(C)c2c(F)c[nH]c2n1. The molecule has 2 aromatic heterocycles. The highest BCUT2D eigenvalue weighted by Gasteiger charge is 2.08. The van der Waals surface area contributed by atoms with Gasteiger partial charge < -0.3 is 4.98 Å². The lowest BCUT2D eigenvalue weighted by Gasteiger charge is -1.96. The highest BCUT2D eigenvalue weighted by molar-refractivity contribution is 5.78. The van der Waals surface area contributed by atoms with Crippen LogP contribution in [-0.2, 0) is 0 Å².